The quantitative estimate of drug-likeness (QED) is 0.189. The molecule has 1 aromatic carbocycles. The van der Waals surface area contributed by atoms with Gasteiger partial charge in [0.1, 0.15) is 28.0 Å². The van der Waals surface area contributed by atoms with E-state index in [9.17, 15) is 5.11 Å². The molecule has 14 heteroatoms. The molecule has 2 saturated heterocycles. The molecule has 12 nitrogen and oxygen atoms in total. The zero-order chi connectivity index (χ0) is 37.5. The minimum absolute atomic E-state index is 0.000649. The van der Waals surface area contributed by atoms with Gasteiger partial charge in [-0.1, -0.05) is 31.9 Å². The van der Waals surface area contributed by atoms with E-state index in [-0.39, 0.29) is 47.1 Å². The maximum absolute atomic E-state index is 17.2. The number of nitrogens with zero attached hydrogens (tertiary/aromatic N) is 6. The number of H-pyrrole nitrogens is 1. The minimum atomic E-state index is -1.18. The van der Waals surface area contributed by atoms with Gasteiger partial charge in [-0.3, -0.25) is 10.00 Å². The molecule has 4 aliphatic rings. The van der Waals surface area contributed by atoms with Gasteiger partial charge < -0.3 is 29.0 Å². The molecule has 288 valence electrons. The van der Waals surface area contributed by atoms with Gasteiger partial charge in [0.05, 0.1) is 56.3 Å². The Kier molecular flexibility index (Phi) is 11.0. The number of hydrogen-bond acceptors (Lipinski definition) is 11. The molecule has 0 bridgehead atoms. The van der Waals surface area contributed by atoms with E-state index in [4.69, 9.17) is 45.5 Å². The molecule has 4 aromatic rings. The van der Waals surface area contributed by atoms with Gasteiger partial charge in [0.25, 0.3) is 0 Å². The van der Waals surface area contributed by atoms with Gasteiger partial charge in [0.2, 0.25) is 5.88 Å². The number of anilines is 1. The molecule has 5 heterocycles. The lowest BCUT2D eigenvalue weighted by Gasteiger charge is -2.48. The lowest BCUT2D eigenvalue weighted by Crippen LogP contribution is -2.54. The number of aromatic amines is 1. The lowest BCUT2D eigenvalue weighted by molar-refractivity contribution is -0.0457. The molecule has 53 heavy (non-hydrogen) atoms. The van der Waals surface area contributed by atoms with E-state index in [1.165, 1.54) is 7.11 Å². The number of halogens is 2. The number of piperidine rings is 1. The summed E-state index contributed by atoms with van der Waals surface area (Å²) in [6.07, 6.45) is 9.75. The summed E-state index contributed by atoms with van der Waals surface area (Å²) in [5.41, 5.74) is 0.610. The van der Waals surface area contributed by atoms with Gasteiger partial charge in [-0.05, 0) is 76.5 Å². The normalized spacial score (nSPS) is 27.6. The average Bonchev–Trinajstić information content (AvgIpc) is 3.75. The third-order valence-electron chi connectivity index (χ3n) is 11.7. The molecule has 0 spiro atoms. The van der Waals surface area contributed by atoms with Crippen LogP contribution in [0.25, 0.3) is 33.1 Å². The van der Waals surface area contributed by atoms with Crippen molar-refractivity contribution in [1.82, 2.24) is 30.0 Å². The van der Waals surface area contributed by atoms with Crippen LogP contribution in [0.1, 0.15) is 71.3 Å². The summed E-state index contributed by atoms with van der Waals surface area (Å²) in [4.78, 5) is 19.0. The Labute approximate surface area is 315 Å². The summed E-state index contributed by atoms with van der Waals surface area (Å²) in [6, 6.07) is 2.36. The number of β-amino-alcohol motifs (C(OH)–C–C–N with tert-alkyl or cyclic N) is 1. The van der Waals surface area contributed by atoms with Crippen LogP contribution < -0.4 is 14.4 Å². The second kappa shape index (κ2) is 15.4. The highest BCUT2D eigenvalue weighted by molar-refractivity contribution is 6.35. The van der Waals surface area contributed by atoms with Gasteiger partial charge in [0, 0.05) is 42.6 Å². The predicted octanol–water partition coefficient (Wildman–Crippen LogP) is 6.73. The average molecular weight is 754 g/mol. The number of rotatable bonds is 9. The first kappa shape index (κ1) is 37.9. The van der Waals surface area contributed by atoms with Crippen LogP contribution in [0.5, 0.6) is 11.9 Å². The number of nitrogens with one attached hydrogen (secondary N) is 1. The smallest absolute Gasteiger partial charge is 0.319 e. The van der Waals surface area contributed by atoms with E-state index in [0.29, 0.717) is 65.1 Å². The number of benzene rings is 1. The zero-order valence-electron chi connectivity index (χ0n) is 31.8. The van der Waals surface area contributed by atoms with Crippen LogP contribution in [-0.4, -0.2) is 113 Å². The second-order valence-corrected chi connectivity index (χ2v) is 15.8. The molecule has 4 fully saturated rings. The lowest BCUT2D eigenvalue weighted by atomic mass is 9.74. The van der Waals surface area contributed by atoms with E-state index in [1.54, 1.807) is 20.2 Å². The molecular weight excluding hydrogens is 701 g/mol. The molecule has 0 amide bonds. The van der Waals surface area contributed by atoms with Crippen molar-refractivity contribution >= 4 is 39.2 Å². The highest BCUT2D eigenvalue weighted by atomic mass is 35.5. The minimum Gasteiger partial charge on any atom is -0.480 e. The number of likely N-dealkylation sites (tertiary alicyclic amines) is 1. The Morgan fingerprint density at radius 3 is 2.70 bits per heavy atom. The third kappa shape index (κ3) is 7.15. The number of aliphatic hydroxyl groups is 1. The van der Waals surface area contributed by atoms with Gasteiger partial charge in [0.15, 0.2) is 5.82 Å². The third-order valence-corrected chi connectivity index (χ3v) is 12.2. The van der Waals surface area contributed by atoms with E-state index in [0.717, 1.165) is 63.6 Å². The molecule has 8 rings (SSSR count). The van der Waals surface area contributed by atoms with Crippen molar-refractivity contribution < 1.29 is 28.4 Å². The Morgan fingerprint density at radius 1 is 1.13 bits per heavy atom. The molecular formula is C39H53ClFN7O5. The summed E-state index contributed by atoms with van der Waals surface area (Å²) in [5, 5.41) is 19.6. The summed E-state index contributed by atoms with van der Waals surface area (Å²) < 4.78 is 40.9. The number of ether oxygens (including phenoxy) is 4. The molecule has 3 aromatic heterocycles. The summed E-state index contributed by atoms with van der Waals surface area (Å²) in [6.45, 7) is 11.3. The Hall–Kier alpha value is -3.36. The number of fused-ring (bicyclic) bond motifs is 3. The van der Waals surface area contributed by atoms with E-state index in [1.807, 2.05) is 31.7 Å². The first-order valence-electron chi connectivity index (χ1n) is 19.1. The van der Waals surface area contributed by atoms with Crippen LogP contribution in [0.3, 0.4) is 0 Å². The SMILES string of the molecule is CC.COc1nc(-c2c(Cl)c(C)cc3[nH]ncc23)c(F)c2nc(OCC34CCCC3N(CC3CC(OC)C3)CCC4)nc(N3CCOCC(C)(O)C3)c12. The van der Waals surface area contributed by atoms with Crippen LogP contribution in [-0.2, 0) is 9.47 Å². The molecule has 2 aliphatic carbocycles. The van der Waals surface area contributed by atoms with Gasteiger partial charge in [-0.25, -0.2) is 9.37 Å². The van der Waals surface area contributed by atoms with Crippen LogP contribution >= 0.6 is 11.6 Å². The molecule has 2 aliphatic heterocycles. The van der Waals surface area contributed by atoms with Gasteiger partial charge >= 0.3 is 6.01 Å². The fourth-order valence-corrected chi connectivity index (χ4v) is 9.36. The Morgan fingerprint density at radius 2 is 1.92 bits per heavy atom. The topological polar surface area (TPSA) is 131 Å². The van der Waals surface area contributed by atoms with Crippen LogP contribution in [0.4, 0.5) is 10.2 Å². The number of aromatic nitrogens is 5. The first-order chi connectivity index (χ1) is 25.6. The largest absolute Gasteiger partial charge is 0.480 e. The monoisotopic (exact) mass is 753 g/mol. The zero-order valence-corrected chi connectivity index (χ0v) is 32.6. The van der Waals surface area contributed by atoms with E-state index >= 15 is 4.39 Å². The predicted molar refractivity (Wildman–Crippen MR) is 204 cm³/mol. The molecule has 2 saturated carbocycles. The highest BCUT2D eigenvalue weighted by Gasteiger charge is 2.49. The number of aryl methyl sites for hydroxylation is 1. The van der Waals surface area contributed by atoms with E-state index < -0.39 is 11.4 Å². The fraction of sp³-hybridized carbons (Fsp3) is 0.641. The van der Waals surface area contributed by atoms with Crippen molar-refractivity contribution in [2.45, 2.75) is 90.4 Å². The van der Waals surface area contributed by atoms with Gasteiger partial charge in [-0.15, -0.1) is 0 Å². The van der Waals surface area contributed by atoms with Crippen molar-refractivity contribution in [1.29, 1.82) is 0 Å². The molecule has 2 N–H and O–H groups in total. The number of hydrogen-bond donors (Lipinski definition) is 2. The maximum atomic E-state index is 17.2. The fourth-order valence-electron chi connectivity index (χ4n) is 9.11. The maximum Gasteiger partial charge on any atom is 0.319 e. The molecule has 0 radical (unpaired) electrons. The summed E-state index contributed by atoms with van der Waals surface area (Å²) >= 11 is 6.87. The Bertz CT molecular complexity index is 1940. The Balaban J connectivity index is 0.00000214. The summed E-state index contributed by atoms with van der Waals surface area (Å²) in [5.74, 6) is 0.482. The van der Waals surface area contributed by atoms with E-state index in [2.05, 4.69) is 15.1 Å². The second-order valence-electron chi connectivity index (χ2n) is 15.4. The molecule has 3 unspecified atom stereocenters. The number of pyridine rings is 1. The number of methoxy groups -OCH3 is 2. The summed E-state index contributed by atoms with van der Waals surface area (Å²) in [7, 11) is 3.29. The van der Waals surface area contributed by atoms with Crippen molar-refractivity contribution in [3.8, 4) is 23.1 Å². The van der Waals surface area contributed by atoms with Crippen LogP contribution in [0.2, 0.25) is 5.02 Å². The van der Waals surface area contributed by atoms with Crippen molar-refractivity contribution in [3.05, 3.63) is 28.7 Å². The van der Waals surface area contributed by atoms with Crippen molar-refractivity contribution in [3.63, 3.8) is 0 Å². The van der Waals surface area contributed by atoms with Crippen LogP contribution in [0.15, 0.2) is 12.3 Å². The van der Waals surface area contributed by atoms with Crippen LogP contribution in [0, 0.1) is 24.1 Å². The highest BCUT2D eigenvalue weighted by Crippen LogP contribution is 2.49. The first-order valence-corrected chi connectivity index (χ1v) is 19.5. The molecule has 3 atom stereocenters. The van der Waals surface area contributed by atoms with Gasteiger partial charge in [-0.2, -0.15) is 15.1 Å². The van der Waals surface area contributed by atoms with Crippen molar-refractivity contribution in [2.75, 3.05) is 65.1 Å². The van der Waals surface area contributed by atoms with Crippen molar-refractivity contribution in [2.24, 2.45) is 11.3 Å². The standard InChI is InChI=1S/C37H47ClFN7O5.C2H6/c1-21-13-25-24(16-40-44-25)27(29(21)38)31-30(39)32-28(34(41-31)49-4)33(46-11-12-50-19-36(2,47)18-46)43-35(42-32)51-20-37-8-5-7-26(37)45(10-6-9-37)17-22-14-23(15-22)48-3;1-2/h13,16,22-23,26,47H,5-12,14-15,17-20H2,1-4H3,(H,40,44);1-2H3.